The van der Waals surface area contributed by atoms with Crippen LogP contribution in [-0.2, 0) is 9.59 Å². The van der Waals surface area contributed by atoms with E-state index in [0.29, 0.717) is 32.5 Å². The smallest absolute Gasteiger partial charge is 0.222 e. The molecule has 0 heterocycles. The molecule has 0 aliphatic heterocycles. The second kappa shape index (κ2) is 8.10. The normalized spacial score (nSPS) is 10.0. The molecule has 0 saturated carbocycles. The monoisotopic (exact) mass is 230 g/mol. The fourth-order valence-corrected chi connectivity index (χ4v) is 1.37. The average molecular weight is 230 g/mol. The second-order valence-corrected chi connectivity index (χ2v) is 3.63. The lowest BCUT2D eigenvalue weighted by Crippen LogP contribution is -2.40. The molecule has 0 saturated heterocycles. The highest BCUT2D eigenvalue weighted by molar-refractivity contribution is 5.76. The number of hydrogen-bond acceptors (Lipinski definition) is 3. The van der Waals surface area contributed by atoms with Gasteiger partial charge in [0.2, 0.25) is 11.8 Å². The van der Waals surface area contributed by atoms with E-state index >= 15 is 0 Å². The van der Waals surface area contributed by atoms with Crippen LogP contribution in [0.5, 0.6) is 0 Å². The Hall–Kier alpha value is -1.10. The van der Waals surface area contributed by atoms with E-state index in [1.807, 2.05) is 6.92 Å². The molecule has 0 spiro atoms. The molecule has 16 heavy (non-hydrogen) atoms. The highest BCUT2D eigenvalue weighted by Crippen LogP contribution is 1.96. The highest BCUT2D eigenvalue weighted by Gasteiger charge is 2.13. The van der Waals surface area contributed by atoms with E-state index in [1.54, 1.807) is 23.8 Å². The van der Waals surface area contributed by atoms with Gasteiger partial charge in [-0.3, -0.25) is 9.59 Å². The maximum atomic E-state index is 11.5. The summed E-state index contributed by atoms with van der Waals surface area (Å²) in [7, 11) is 1.72. The zero-order valence-corrected chi connectivity index (χ0v) is 10.4. The molecular weight excluding hydrogens is 208 g/mol. The number of aliphatic hydroxyl groups excluding tert-OH is 1. The lowest BCUT2D eigenvalue weighted by atomic mass is 10.3. The van der Waals surface area contributed by atoms with Crippen molar-refractivity contribution in [3.8, 4) is 0 Å². The Bertz CT molecular complexity index is 231. The van der Waals surface area contributed by atoms with Gasteiger partial charge in [0.15, 0.2) is 0 Å². The summed E-state index contributed by atoms with van der Waals surface area (Å²) < 4.78 is 0. The van der Waals surface area contributed by atoms with Crippen molar-refractivity contribution in [2.75, 3.05) is 33.3 Å². The molecule has 0 unspecified atom stereocenters. The maximum absolute atomic E-state index is 11.5. The standard InChI is InChI=1S/C11H22N2O3/c1-4-10(15)12(3)6-7-13(8-9-14)11(16)5-2/h14H,4-9H2,1-3H3. The quantitative estimate of drug-likeness (QED) is 0.674. The Morgan fingerprint density at radius 1 is 1.00 bits per heavy atom. The number of amides is 2. The number of likely N-dealkylation sites (N-methyl/N-ethyl adjacent to an activating group) is 1. The number of rotatable bonds is 7. The Labute approximate surface area is 97.0 Å². The van der Waals surface area contributed by atoms with Gasteiger partial charge in [-0.05, 0) is 0 Å². The van der Waals surface area contributed by atoms with Crippen LogP contribution in [0.15, 0.2) is 0 Å². The Morgan fingerprint density at radius 2 is 1.56 bits per heavy atom. The van der Waals surface area contributed by atoms with Gasteiger partial charge in [-0.15, -0.1) is 0 Å². The average Bonchev–Trinajstić information content (AvgIpc) is 2.31. The molecule has 0 aromatic carbocycles. The first-order valence-corrected chi connectivity index (χ1v) is 5.69. The number of aliphatic hydroxyl groups is 1. The third-order valence-electron chi connectivity index (χ3n) is 2.46. The summed E-state index contributed by atoms with van der Waals surface area (Å²) in [6.07, 6.45) is 0.893. The van der Waals surface area contributed by atoms with E-state index in [9.17, 15) is 9.59 Å². The molecule has 0 aromatic rings. The largest absolute Gasteiger partial charge is 0.395 e. The number of hydrogen-bond donors (Lipinski definition) is 1. The van der Waals surface area contributed by atoms with Gasteiger partial charge in [0.25, 0.3) is 0 Å². The molecule has 5 heteroatoms. The minimum absolute atomic E-state index is 0.00592. The van der Waals surface area contributed by atoms with Gasteiger partial charge in [0.05, 0.1) is 6.61 Å². The molecule has 0 radical (unpaired) electrons. The summed E-state index contributed by atoms with van der Waals surface area (Å²) >= 11 is 0. The van der Waals surface area contributed by atoms with Crippen molar-refractivity contribution in [1.29, 1.82) is 0 Å². The highest BCUT2D eigenvalue weighted by atomic mass is 16.3. The summed E-state index contributed by atoms with van der Waals surface area (Å²) in [4.78, 5) is 25.9. The van der Waals surface area contributed by atoms with E-state index in [1.165, 1.54) is 0 Å². The predicted octanol–water partition coefficient (Wildman–Crippen LogP) is 0.0857. The summed E-state index contributed by atoms with van der Waals surface area (Å²) in [5, 5.41) is 8.83. The van der Waals surface area contributed by atoms with Crippen molar-refractivity contribution in [1.82, 2.24) is 9.80 Å². The van der Waals surface area contributed by atoms with Gasteiger partial charge in [-0.2, -0.15) is 0 Å². The SMILES string of the molecule is CCC(=O)N(C)CCN(CCO)C(=O)CC. The minimum atomic E-state index is -0.0445. The van der Waals surface area contributed by atoms with E-state index in [2.05, 4.69) is 0 Å². The van der Waals surface area contributed by atoms with E-state index in [-0.39, 0.29) is 18.4 Å². The molecule has 0 aliphatic rings. The number of nitrogens with zero attached hydrogens (tertiary/aromatic N) is 2. The van der Waals surface area contributed by atoms with Crippen LogP contribution in [0.4, 0.5) is 0 Å². The maximum Gasteiger partial charge on any atom is 0.222 e. The number of carbonyl (C=O) groups is 2. The van der Waals surface area contributed by atoms with E-state index in [0.717, 1.165) is 0 Å². The first-order chi connectivity index (χ1) is 7.56. The van der Waals surface area contributed by atoms with Gasteiger partial charge in [0, 0.05) is 39.5 Å². The van der Waals surface area contributed by atoms with Gasteiger partial charge in [-0.25, -0.2) is 0 Å². The molecule has 0 rings (SSSR count). The molecule has 0 fully saturated rings. The van der Waals surface area contributed by atoms with E-state index < -0.39 is 0 Å². The molecule has 94 valence electrons. The summed E-state index contributed by atoms with van der Waals surface area (Å²) in [5.74, 6) is 0.0688. The van der Waals surface area contributed by atoms with Crippen molar-refractivity contribution < 1.29 is 14.7 Å². The first kappa shape index (κ1) is 14.9. The molecule has 1 N–H and O–H groups in total. The predicted molar refractivity (Wildman–Crippen MR) is 61.9 cm³/mol. The molecule has 0 atom stereocenters. The first-order valence-electron chi connectivity index (χ1n) is 5.69. The van der Waals surface area contributed by atoms with Gasteiger partial charge < -0.3 is 14.9 Å². The van der Waals surface area contributed by atoms with Crippen LogP contribution in [0.3, 0.4) is 0 Å². The molecule has 0 bridgehead atoms. The minimum Gasteiger partial charge on any atom is -0.395 e. The van der Waals surface area contributed by atoms with Crippen LogP contribution >= 0.6 is 0 Å². The third kappa shape index (κ3) is 5.11. The Kier molecular flexibility index (Phi) is 7.54. The van der Waals surface area contributed by atoms with Crippen LogP contribution in [0, 0.1) is 0 Å². The fraction of sp³-hybridized carbons (Fsp3) is 0.818. The lowest BCUT2D eigenvalue weighted by Gasteiger charge is -2.24. The van der Waals surface area contributed by atoms with Crippen LogP contribution in [0.1, 0.15) is 26.7 Å². The second-order valence-electron chi connectivity index (χ2n) is 3.63. The van der Waals surface area contributed by atoms with Crippen LogP contribution in [-0.4, -0.2) is 60.0 Å². The lowest BCUT2D eigenvalue weighted by molar-refractivity contribution is -0.134. The topological polar surface area (TPSA) is 60.9 Å². The van der Waals surface area contributed by atoms with Crippen molar-refractivity contribution in [3.63, 3.8) is 0 Å². The molecule has 0 aliphatic carbocycles. The molecular formula is C11H22N2O3. The van der Waals surface area contributed by atoms with Crippen molar-refractivity contribution in [3.05, 3.63) is 0 Å². The summed E-state index contributed by atoms with van der Waals surface area (Å²) in [6.45, 7) is 4.88. The molecule has 2 amide bonds. The third-order valence-corrected chi connectivity index (χ3v) is 2.46. The molecule has 5 nitrogen and oxygen atoms in total. The van der Waals surface area contributed by atoms with Crippen LogP contribution in [0.25, 0.3) is 0 Å². The Balaban J connectivity index is 4.10. The van der Waals surface area contributed by atoms with Crippen LogP contribution in [0.2, 0.25) is 0 Å². The molecule has 0 aromatic heterocycles. The van der Waals surface area contributed by atoms with Gasteiger partial charge >= 0.3 is 0 Å². The van der Waals surface area contributed by atoms with Crippen LogP contribution < -0.4 is 0 Å². The van der Waals surface area contributed by atoms with Gasteiger partial charge in [0.1, 0.15) is 0 Å². The van der Waals surface area contributed by atoms with Crippen molar-refractivity contribution >= 4 is 11.8 Å². The van der Waals surface area contributed by atoms with Crippen molar-refractivity contribution in [2.24, 2.45) is 0 Å². The zero-order chi connectivity index (χ0) is 12.6. The fourth-order valence-electron chi connectivity index (χ4n) is 1.37. The van der Waals surface area contributed by atoms with Crippen molar-refractivity contribution in [2.45, 2.75) is 26.7 Å². The van der Waals surface area contributed by atoms with E-state index in [4.69, 9.17) is 5.11 Å². The summed E-state index contributed by atoms with van der Waals surface area (Å²) in [6, 6.07) is 0. The Morgan fingerprint density at radius 3 is 2.00 bits per heavy atom. The van der Waals surface area contributed by atoms with Gasteiger partial charge in [-0.1, -0.05) is 13.8 Å². The zero-order valence-electron chi connectivity index (χ0n) is 10.4. The summed E-state index contributed by atoms with van der Waals surface area (Å²) in [5.41, 5.74) is 0. The number of carbonyl (C=O) groups excluding carboxylic acids is 2.